The van der Waals surface area contributed by atoms with Crippen LogP contribution >= 0.6 is 27.5 Å². The lowest BCUT2D eigenvalue weighted by molar-refractivity contribution is 1.14. The molecule has 0 aliphatic carbocycles. The minimum atomic E-state index is 0.588. The molecular weight excluding hydrogens is 312 g/mol. The van der Waals surface area contributed by atoms with E-state index in [1.165, 1.54) is 0 Å². The van der Waals surface area contributed by atoms with Gasteiger partial charge in [-0.3, -0.25) is 0 Å². The Labute approximate surface area is 119 Å². The Morgan fingerprint density at radius 3 is 2.72 bits per heavy atom. The van der Waals surface area contributed by atoms with Gasteiger partial charge in [0.2, 0.25) is 0 Å². The summed E-state index contributed by atoms with van der Waals surface area (Å²) in [6.45, 7) is 0.588. The van der Waals surface area contributed by atoms with Crippen molar-refractivity contribution < 1.29 is 0 Å². The highest BCUT2D eigenvalue weighted by atomic mass is 79.9. The third kappa shape index (κ3) is 3.04. The normalized spacial score (nSPS) is 9.83. The van der Waals surface area contributed by atoms with Crippen LogP contribution in [-0.4, -0.2) is 0 Å². The van der Waals surface area contributed by atoms with Crippen molar-refractivity contribution in [3.05, 3.63) is 63.1 Å². The molecule has 0 unspecified atom stereocenters. The van der Waals surface area contributed by atoms with Gasteiger partial charge in [-0.1, -0.05) is 45.7 Å². The number of anilines is 1. The van der Waals surface area contributed by atoms with Crippen LogP contribution in [0.5, 0.6) is 0 Å². The maximum atomic E-state index is 8.98. The molecule has 1 N–H and O–H groups in total. The van der Waals surface area contributed by atoms with Gasteiger partial charge in [-0.05, 0) is 29.8 Å². The zero-order chi connectivity index (χ0) is 13.0. The first-order valence-corrected chi connectivity index (χ1v) is 6.55. The van der Waals surface area contributed by atoms with Gasteiger partial charge in [-0.25, -0.2) is 0 Å². The average Bonchev–Trinajstić information content (AvgIpc) is 2.38. The topological polar surface area (TPSA) is 35.8 Å². The van der Waals surface area contributed by atoms with E-state index in [1.54, 1.807) is 6.07 Å². The molecule has 2 aromatic carbocycles. The first-order chi connectivity index (χ1) is 8.70. The number of rotatable bonds is 3. The molecule has 2 aromatic rings. The second-order valence-electron chi connectivity index (χ2n) is 3.75. The van der Waals surface area contributed by atoms with Crippen molar-refractivity contribution in [2.45, 2.75) is 6.54 Å². The lowest BCUT2D eigenvalue weighted by Gasteiger charge is -2.09. The predicted octanol–water partition coefficient (Wildman–Crippen LogP) is 4.59. The fraction of sp³-hybridized carbons (Fsp3) is 0.0714. The van der Waals surface area contributed by atoms with E-state index < -0.39 is 0 Å². The molecule has 2 nitrogen and oxygen atoms in total. The van der Waals surface area contributed by atoms with Crippen LogP contribution in [0.4, 0.5) is 5.69 Å². The van der Waals surface area contributed by atoms with Crippen LogP contribution in [0, 0.1) is 11.3 Å². The Morgan fingerprint density at radius 1 is 1.22 bits per heavy atom. The van der Waals surface area contributed by atoms with E-state index in [0.29, 0.717) is 17.1 Å². The summed E-state index contributed by atoms with van der Waals surface area (Å²) in [5.74, 6) is 0. The SMILES string of the molecule is N#Cc1ccccc1NCc1ccc(Br)cc1Cl. The van der Waals surface area contributed by atoms with Crippen molar-refractivity contribution in [3.63, 3.8) is 0 Å². The summed E-state index contributed by atoms with van der Waals surface area (Å²) in [5, 5.41) is 12.9. The Morgan fingerprint density at radius 2 is 2.00 bits per heavy atom. The summed E-state index contributed by atoms with van der Waals surface area (Å²) in [6.07, 6.45) is 0. The van der Waals surface area contributed by atoms with Gasteiger partial charge >= 0.3 is 0 Å². The van der Waals surface area contributed by atoms with Gasteiger partial charge in [0.15, 0.2) is 0 Å². The fourth-order valence-electron chi connectivity index (χ4n) is 1.59. The van der Waals surface area contributed by atoms with E-state index in [1.807, 2.05) is 36.4 Å². The Kier molecular flexibility index (Phi) is 4.24. The molecule has 0 fully saturated rings. The van der Waals surface area contributed by atoms with Gasteiger partial charge in [0.25, 0.3) is 0 Å². The molecule has 0 bridgehead atoms. The number of hydrogen-bond acceptors (Lipinski definition) is 2. The first-order valence-electron chi connectivity index (χ1n) is 5.37. The van der Waals surface area contributed by atoms with Crippen molar-refractivity contribution >= 4 is 33.2 Å². The molecule has 0 spiro atoms. The zero-order valence-electron chi connectivity index (χ0n) is 9.45. The molecule has 0 saturated carbocycles. The second kappa shape index (κ2) is 5.90. The number of nitrogens with one attached hydrogen (secondary N) is 1. The highest BCUT2D eigenvalue weighted by molar-refractivity contribution is 9.10. The van der Waals surface area contributed by atoms with E-state index in [4.69, 9.17) is 16.9 Å². The molecule has 0 aliphatic rings. The molecular formula is C14H10BrClN2. The van der Waals surface area contributed by atoms with E-state index in [0.717, 1.165) is 15.7 Å². The van der Waals surface area contributed by atoms with Gasteiger partial charge in [-0.2, -0.15) is 5.26 Å². The molecule has 0 radical (unpaired) electrons. The van der Waals surface area contributed by atoms with Crippen LogP contribution in [0.15, 0.2) is 46.9 Å². The van der Waals surface area contributed by atoms with E-state index in [-0.39, 0.29) is 0 Å². The van der Waals surface area contributed by atoms with Crippen LogP contribution in [0.3, 0.4) is 0 Å². The van der Waals surface area contributed by atoms with Gasteiger partial charge < -0.3 is 5.32 Å². The number of para-hydroxylation sites is 1. The Hall–Kier alpha value is -1.50. The molecule has 0 atom stereocenters. The van der Waals surface area contributed by atoms with Crippen molar-refractivity contribution in [1.82, 2.24) is 0 Å². The molecule has 0 heterocycles. The number of hydrogen-bond donors (Lipinski definition) is 1. The van der Waals surface area contributed by atoms with Crippen LogP contribution in [0.2, 0.25) is 5.02 Å². The Balaban J connectivity index is 2.14. The van der Waals surface area contributed by atoms with Gasteiger partial charge in [0.05, 0.1) is 11.3 Å². The van der Waals surface area contributed by atoms with Crippen molar-refractivity contribution in [2.24, 2.45) is 0 Å². The smallest absolute Gasteiger partial charge is 0.101 e. The van der Waals surface area contributed by atoms with Crippen LogP contribution in [0.1, 0.15) is 11.1 Å². The van der Waals surface area contributed by atoms with Gasteiger partial charge in [0.1, 0.15) is 6.07 Å². The summed E-state index contributed by atoms with van der Waals surface area (Å²) >= 11 is 9.50. The number of halogens is 2. The molecule has 18 heavy (non-hydrogen) atoms. The number of nitriles is 1. The molecule has 2 rings (SSSR count). The summed E-state index contributed by atoms with van der Waals surface area (Å²) in [7, 11) is 0. The predicted molar refractivity (Wildman–Crippen MR) is 77.6 cm³/mol. The minimum absolute atomic E-state index is 0.588. The summed E-state index contributed by atoms with van der Waals surface area (Å²) in [5.41, 5.74) is 2.44. The van der Waals surface area contributed by atoms with Crippen molar-refractivity contribution in [3.8, 4) is 6.07 Å². The third-order valence-corrected chi connectivity index (χ3v) is 3.38. The highest BCUT2D eigenvalue weighted by Crippen LogP contribution is 2.23. The quantitative estimate of drug-likeness (QED) is 0.897. The molecule has 90 valence electrons. The van der Waals surface area contributed by atoms with E-state index >= 15 is 0 Å². The van der Waals surface area contributed by atoms with Gasteiger partial charge in [-0.15, -0.1) is 0 Å². The van der Waals surface area contributed by atoms with E-state index in [2.05, 4.69) is 27.3 Å². The molecule has 0 aliphatic heterocycles. The fourth-order valence-corrected chi connectivity index (χ4v) is 2.33. The van der Waals surface area contributed by atoms with E-state index in [9.17, 15) is 0 Å². The lowest BCUT2D eigenvalue weighted by atomic mass is 10.1. The Bertz CT molecular complexity index is 605. The number of nitrogens with zero attached hydrogens (tertiary/aromatic N) is 1. The third-order valence-electron chi connectivity index (χ3n) is 2.53. The summed E-state index contributed by atoms with van der Waals surface area (Å²) in [4.78, 5) is 0. The maximum Gasteiger partial charge on any atom is 0.101 e. The zero-order valence-corrected chi connectivity index (χ0v) is 11.8. The van der Waals surface area contributed by atoms with Crippen LogP contribution in [0.25, 0.3) is 0 Å². The summed E-state index contributed by atoms with van der Waals surface area (Å²) < 4.78 is 0.952. The van der Waals surface area contributed by atoms with Gasteiger partial charge in [0, 0.05) is 16.0 Å². The van der Waals surface area contributed by atoms with Crippen molar-refractivity contribution in [1.29, 1.82) is 5.26 Å². The molecule has 0 amide bonds. The van der Waals surface area contributed by atoms with Crippen LogP contribution < -0.4 is 5.32 Å². The molecule has 0 aromatic heterocycles. The monoisotopic (exact) mass is 320 g/mol. The standard InChI is InChI=1S/C14H10BrClN2/c15-12-6-5-11(13(16)7-12)9-18-14-4-2-1-3-10(14)8-17/h1-7,18H,9H2. The van der Waals surface area contributed by atoms with Crippen molar-refractivity contribution in [2.75, 3.05) is 5.32 Å². The molecule has 4 heteroatoms. The minimum Gasteiger partial charge on any atom is -0.380 e. The molecule has 0 saturated heterocycles. The average molecular weight is 322 g/mol. The number of benzene rings is 2. The first kappa shape index (κ1) is 12.9. The summed E-state index contributed by atoms with van der Waals surface area (Å²) in [6, 6.07) is 15.3. The van der Waals surface area contributed by atoms with Crippen LogP contribution in [-0.2, 0) is 6.54 Å². The largest absolute Gasteiger partial charge is 0.380 e. The highest BCUT2D eigenvalue weighted by Gasteiger charge is 2.03. The second-order valence-corrected chi connectivity index (χ2v) is 5.07. The maximum absolute atomic E-state index is 8.98. The lowest BCUT2D eigenvalue weighted by Crippen LogP contribution is -2.01.